The van der Waals surface area contributed by atoms with Gasteiger partial charge in [0.15, 0.2) is 18.1 Å². The van der Waals surface area contributed by atoms with E-state index in [0.29, 0.717) is 34.3 Å². The van der Waals surface area contributed by atoms with Gasteiger partial charge in [-0.25, -0.2) is 0 Å². The van der Waals surface area contributed by atoms with Crippen LogP contribution in [0.4, 0.5) is 11.4 Å². The fraction of sp³-hybridized carbons (Fsp3) is 0.154. The average Bonchev–Trinajstić information content (AvgIpc) is 2.86. The number of hydrogen-bond acceptors (Lipinski definition) is 5. The van der Waals surface area contributed by atoms with E-state index in [4.69, 9.17) is 21.1 Å². The summed E-state index contributed by atoms with van der Waals surface area (Å²) in [5, 5.41) is 6.57. The van der Waals surface area contributed by atoms with E-state index in [2.05, 4.69) is 17.2 Å². The van der Waals surface area contributed by atoms with Crippen LogP contribution in [0.5, 0.6) is 11.5 Å². The highest BCUT2D eigenvalue weighted by atomic mass is 35.5. The molecule has 0 fully saturated rings. The maximum absolute atomic E-state index is 13.1. The van der Waals surface area contributed by atoms with E-state index < -0.39 is 6.17 Å². The van der Waals surface area contributed by atoms with E-state index in [1.807, 2.05) is 24.3 Å². The topological polar surface area (TPSA) is 79.9 Å². The first-order valence-electron chi connectivity index (χ1n) is 10.6. The second-order valence-electron chi connectivity index (χ2n) is 7.57. The molecule has 0 bridgehead atoms. The van der Waals surface area contributed by atoms with Crippen molar-refractivity contribution in [3.8, 4) is 11.5 Å². The van der Waals surface area contributed by atoms with Crippen LogP contribution in [0.1, 0.15) is 22.1 Å². The lowest BCUT2D eigenvalue weighted by atomic mass is 10.0. The molecule has 8 heteroatoms. The summed E-state index contributed by atoms with van der Waals surface area (Å²) in [4.78, 5) is 27.1. The number of para-hydroxylation sites is 2. The Balaban J connectivity index is 1.52. The quantitative estimate of drug-likeness (QED) is 0.440. The summed E-state index contributed by atoms with van der Waals surface area (Å²) in [5.74, 6) is 0.399. The number of methoxy groups -OCH3 is 1. The lowest BCUT2D eigenvalue weighted by Gasteiger charge is -2.37. The zero-order chi connectivity index (χ0) is 24.1. The molecule has 4 rings (SSSR count). The summed E-state index contributed by atoms with van der Waals surface area (Å²) in [5.41, 5.74) is 2.68. The first-order valence-corrected chi connectivity index (χ1v) is 11.0. The molecule has 2 N–H and O–H groups in total. The Bertz CT molecular complexity index is 1230. The molecule has 1 atom stereocenters. The number of rotatable bonds is 8. The van der Waals surface area contributed by atoms with Gasteiger partial charge in [0.1, 0.15) is 6.17 Å². The minimum atomic E-state index is -0.424. The largest absolute Gasteiger partial charge is 0.493 e. The molecule has 1 aliphatic heterocycles. The standard InChI is InChI=1S/C26H24ClN3O4/c1-3-14-30-25(29-20-10-6-4-8-18(20)26(30)32)17-12-13-22(23(15-17)33-2)34-16-24(31)28-21-11-7-5-9-19(21)27/h3-13,15,25,29H,1,14,16H2,2H3,(H,28,31). The molecule has 1 unspecified atom stereocenters. The number of nitrogens with zero attached hydrogens (tertiary/aromatic N) is 1. The normalized spacial score (nSPS) is 14.6. The number of hydrogen-bond donors (Lipinski definition) is 2. The molecular formula is C26H24ClN3O4. The van der Waals surface area contributed by atoms with E-state index in [1.165, 1.54) is 7.11 Å². The molecule has 0 saturated heterocycles. The second-order valence-corrected chi connectivity index (χ2v) is 7.97. The fourth-order valence-electron chi connectivity index (χ4n) is 3.75. The Labute approximate surface area is 202 Å². The molecule has 0 spiro atoms. The maximum Gasteiger partial charge on any atom is 0.262 e. The molecule has 3 aromatic carbocycles. The summed E-state index contributed by atoms with van der Waals surface area (Å²) in [6.07, 6.45) is 1.26. The zero-order valence-corrected chi connectivity index (χ0v) is 19.3. The van der Waals surface area contributed by atoms with Crippen molar-refractivity contribution in [2.45, 2.75) is 6.17 Å². The van der Waals surface area contributed by atoms with Gasteiger partial charge in [0.05, 0.1) is 23.4 Å². The Morgan fingerprint density at radius 3 is 2.68 bits per heavy atom. The Hall–Kier alpha value is -3.97. The van der Waals surface area contributed by atoms with E-state index in [0.717, 1.165) is 11.3 Å². The molecule has 2 amide bonds. The summed E-state index contributed by atoms with van der Waals surface area (Å²) in [6.45, 7) is 3.93. The van der Waals surface area contributed by atoms with Gasteiger partial charge < -0.3 is 25.0 Å². The molecule has 34 heavy (non-hydrogen) atoms. The first-order chi connectivity index (χ1) is 16.5. The predicted octanol–water partition coefficient (Wildman–Crippen LogP) is 5.12. The molecule has 1 aliphatic rings. The maximum atomic E-state index is 13.1. The van der Waals surface area contributed by atoms with Crippen LogP contribution in [-0.2, 0) is 4.79 Å². The van der Waals surface area contributed by atoms with Gasteiger partial charge in [-0.05, 0) is 42.0 Å². The Morgan fingerprint density at radius 2 is 1.91 bits per heavy atom. The summed E-state index contributed by atoms with van der Waals surface area (Å²) in [7, 11) is 1.52. The molecule has 0 radical (unpaired) electrons. The van der Waals surface area contributed by atoms with Crippen LogP contribution < -0.4 is 20.1 Å². The number of amides is 2. The van der Waals surface area contributed by atoms with Crippen LogP contribution in [0.15, 0.2) is 79.4 Å². The van der Waals surface area contributed by atoms with Crippen LogP contribution in [0.3, 0.4) is 0 Å². The third-order valence-corrected chi connectivity index (χ3v) is 5.69. The lowest BCUT2D eigenvalue weighted by molar-refractivity contribution is -0.118. The van der Waals surface area contributed by atoms with Gasteiger partial charge in [-0.3, -0.25) is 9.59 Å². The smallest absolute Gasteiger partial charge is 0.262 e. The number of carbonyl (C=O) groups excluding carboxylic acids is 2. The third kappa shape index (κ3) is 4.84. The van der Waals surface area contributed by atoms with Crippen LogP contribution in [-0.4, -0.2) is 37.0 Å². The highest BCUT2D eigenvalue weighted by Gasteiger charge is 2.32. The average molecular weight is 478 g/mol. The van der Waals surface area contributed by atoms with Gasteiger partial charge in [-0.2, -0.15) is 0 Å². The Kier molecular flexibility index (Phi) is 7.04. The molecular weight excluding hydrogens is 454 g/mol. The third-order valence-electron chi connectivity index (χ3n) is 5.36. The van der Waals surface area contributed by atoms with Crippen molar-refractivity contribution in [2.24, 2.45) is 0 Å². The summed E-state index contributed by atoms with van der Waals surface area (Å²) in [6, 6.07) is 19.7. The van der Waals surface area contributed by atoms with Gasteiger partial charge in [0.25, 0.3) is 11.8 Å². The zero-order valence-electron chi connectivity index (χ0n) is 18.6. The lowest BCUT2D eigenvalue weighted by Crippen LogP contribution is -2.42. The van der Waals surface area contributed by atoms with E-state index >= 15 is 0 Å². The SMILES string of the molecule is C=CCN1C(=O)c2ccccc2NC1c1ccc(OCC(=O)Nc2ccccc2Cl)c(OC)c1. The highest BCUT2D eigenvalue weighted by molar-refractivity contribution is 6.33. The van der Waals surface area contributed by atoms with Crippen molar-refractivity contribution in [1.82, 2.24) is 4.90 Å². The van der Waals surface area contributed by atoms with Crippen molar-refractivity contribution in [1.29, 1.82) is 0 Å². The van der Waals surface area contributed by atoms with Gasteiger partial charge >= 0.3 is 0 Å². The van der Waals surface area contributed by atoms with Crippen LogP contribution in [0.2, 0.25) is 5.02 Å². The number of anilines is 2. The minimum Gasteiger partial charge on any atom is -0.493 e. The highest BCUT2D eigenvalue weighted by Crippen LogP contribution is 2.37. The van der Waals surface area contributed by atoms with Crippen molar-refractivity contribution in [3.63, 3.8) is 0 Å². The molecule has 0 aliphatic carbocycles. The summed E-state index contributed by atoms with van der Waals surface area (Å²) >= 11 is 6.08. The van der Waals surface area contributed by atoms with Gasteiger partial charge in [0.2, 0.25) is 0 Å². The van der Waals surface area contributed by atoms with Crippen LogP contribution in [0, 0.1) is 0 Å². The number of fused-ring (bicyclic) bond motifs is 1. The number of ether oxygens (including phenoxy) is 2. The summed E-state index contributed by atoms with van der Waals surface area (Å²) < 4.78 is 11.2. The van der Waals surface area contributed by atoms with Gasteiger partial charge in [-0.1, -0.05) is 48.0 Å². The molecule has 174 valence electrons. The number of carbonyl (C=O) groups is 2. The predicted molar refractivity (Wildman–Crippen MR) is 133 cm³/mol. The molecule has 0 aromatic heterocycles. The van der Waals surface area contributed by atoms with Crippen molar-refractivity contribution in [3.05, 3.63) is 95.5 Å². The fourth-order valence-corrected chi connectivity index (χ4v) is 3.93. The van der Waals surface area contributed by atoms with E-state index in [9.17, 15) is 9.59 Å². The molecule has 3 aromatic rings. The minimum absolute atomic E-state index is 0.0882. The number of nitrogens with one attached hydrogen (secondary N) is 2. The van der Waals surface area contributed by atoms with Crippen molar-refractivity contribution < 1.29 is 19.1 Å². The second kappa shape index (κ2) is 10.3. The van der Waals surface area contributed by atoms with Crippen molar-refractivity contribution >= 4 is 34.8 Å². The van der Waals surface area contributed by atoms with Crippen LogP contribution >= 0.6 is 11.6 Å². The molecule has 0 saturated carbocycles. The number of benzene rings is 3. The molecule has 1 heterocycles. The molecule has 7 nitrogen and oxygen atoms in total. The first kappa shape index (κ1) is 23.2. The van der Waals surface area contributed by atoms with Crippen molar-refractivity contribution in [2.75, 3.05) is 30.9 Å². The monoisotopic (exact) mass is 477 g/mol. The van der Waals surface area contributed by atoms with Crippen LogP contribution in [0.25, 0.3) is 0 Å². The van der Waals surface area contributed by atoms with Gasteiger partial charge in [0, 0.05) is 12.2 Å². The van der Waals surface area contributed by atoms with E-state index in [-0.39, 0.29) is 18.4 Å². The number of halogens is 1. The Morgan fingerprint density at radius 1 is 1.15 bits per heavy atom. The van der Waals surface area contributed by atoms with E-state index in [1.54, 1.807) is 53.4 Å². The van der Waals surface area contributed by atoms with Gasteiger partial charge in [-0.15, -0.1) is 6.58 Å².